The van der Waals surface area contributed by atoms with Crippen LogP contribution >= 0.6 is 0 Å². The van der Waals surface area contributed by atoms with Crippen LogP contribution in [0.5, 0.6) is 5.75 Å². The molecule has 0 saturated carbocycles. The molecule has 112 valence electrons. The molecule has 2 N–H and O–H groups in total. The number of hydrogen-bond donors (Lipinski definition) is 1. The lowest BCUT2D eigenvalue weighted by molar-refractivity contribution is 0.301. The molecule has 0 heterocycles. The Balaban J connectivity index is 2.51. The lowest BCUT2D eigenvalue weighted by Gasteiger charge is -2.15. The lowest BCUT2D eigenvalue weighted by Crippen LogP contribution is -2.18. The number of benzene rings is 1. The first kappa shape index (κ1) is 16.8. The van der Waals surface area contributed by atoms with Gasteiger partial charge in [0.1, 0.15) is 5.75 Å². The minimum atomic E-state index is 0.199. The smallest absolute Gasteiger partial charge is 0.125 e. The molecule has 0 fully saturated rings. The zero-order valence-electron chi connectivity index (χ0n) is 13.2. The van der Waals surface area contributed by atoms with Crippen molar-refractivity contribution in [2.45, 2.75) is 58.9 Å². The van der Waals surface area contributed by atoms with Crippen molar-refractivity contribution in [3.63, 3.8) is 0 Å². The van der Waals surface area contributed by atoms with Crippen molar-refractivity contribution in [3.05, 3.63) is 41.5 Å². The summed E-state index contributed by atoms with van der Waals surface area (Å²) in [5, 5.41) is 0. The van der Waals surface area contributed by atoms with Crippen molar-refractivity contribution in [1.29, 1.82) is 0 Å². The van der Waals surface area contributed by atoms with Gasteiger partial charge in [0.05, 0.1) is 6.61 Å². The third-order valence-corrected chi connectivity index (χ3v) is 3.38. The molecule has 0 aliphatic heterocycles. The van der Waals surface area contributed by atoms with E-state index in [1.165, 1.54) is 29.5 Å². The van der Waals surface area contributed by atoms with E-state index in [1.54, 1.807) is 0 Å². The van der Waals surface area contributed by atoms with Crippen molar-refractivity contribution in [2.24, 2.45) is 5.73 Å². The summed E-state index contributed by atoms with van der Waals surface area (Å²) in [5.41, 5.74) is 9.59. The Bertz CT molecular complexity index is 400. The Morgan fingerprint density at radius 2 is 1.85 bits per heavy atom. The van der Waals surface area contributed by atoms with Crippen molar-refractivity contribution >= 4 is 0 Å². The molecular formula is C18H29NO. The summed E-state index contributed by atoms with van der Waals surface area (Å²) in [5.74, 6) is 1.04. The van der Waals surface area contributed by atoms with Gasteiger partial charge in [-0.3, -0.25) is 0 Å². The summed E-state index contributed by atoms with van der Waals surface area (Å²) in [4.78, 5) is 0. The normalized spacial score (nSPS) is 12.2. The zero-order valence-corrected chi connectivity index (χ0v) is 13.2. The largest absolute Gasteiger partial charge is 0.493 e. The van der Waals surface area contributed by atoms with Crippen LogP contribution in [-0.2, 0) is 6.42 Å². The van der Waals surface area contributed by atoms with Gasteiger partial charge >= 0.3 is 0 Å². The molecule has 2 heteroatoms. The highest BCUT2D eigenvalue weighted by atomic mass is 16.5. The summed E-state index contributed by atoms with van der Waals surface area (Å²) < 4.78 is 5.95. The van der Waals surface area contributed by atoms with E-state index >= 15 is 0 Å². The summed E-state index contributed by atoms with van der Waals surface area (Å²) in [6.45, 7) is 10.8. The van der Waals surface area contributed by atoms with Gasteiger partial charge in [0.25, 0.3) is 0 Å². The van der Waals surface area contributed by atoms with Crippen LogP contribution < -0.4 is 10.5 Å². The third-order valence-electron chi connectivity index (χ3n) is 3.38. The number of rotatable bonds is 9. The highest BCUT2D eigenvalue weighted by Crippen LogP contribution is 2.25. The van der Waals surface area contributed by atoms with Gasteiger partial charge in [0, 0.05) is 6.04 Å². The fourth-order valence-corrected chi connectivity index (χ4v) is 2.50. The predicted octanol–water partition coefficient (Wildman–Crippen LogP) is 4.32. The van der Waals surface area contributed by atoms with E-state index in [1.807, 2.05) is 13.0 Å². The average molecular weight is 275 g/mol. The fourth-order valence-electron chi connectivity index (χ4n) is 2.50. The van der Waals surface area contributed by atoms with Gasteiger partial charge in [0.15, 0.2) is 0 Å². The maximum atomic E-state index is 5.95. The van der Waals surface area contributed by atoms with Gasteiger partial charge in [-0.1, -0.05) is 18.2 Å². The maximum absolute atomic E-state index is 5.95. The molecule has 0 aromatic heterocycles. The summed E-state index contributed by atoms with van der Waals surface area (Å²) in [7, 11) is 0. The Morgan fingerprint density at radius 3 is 2.40 bits per heavy atom. The minimum absolute atomic E-state index is 0.199. The summed E-state index contributed by atoms with van der Waals surface area (Å²) in [6.07, 6.45) is 7.51. The molecule has 1 aromatic rings. The molecule has 20 heavy (non-hydrogen) atoms. The Hall–Kier alpha value is -1.28. The molecule has 0 bridgehead atoms. The van der Waals surface area contributed by atoms with Crippen LogP contribution in [0, 0.1) is 13.8 Å². The number of ether oxygens (including phenoxy) is 1. The van der Waals surface area contributed by atoms with E-state index in [9.17, 15) is 0 Å². The highest BCUT2D eigenvalue weighted by Gasteiger charge is 2.07. The second-order valence-electron chi connectivity index (χ2n) is 5.73. The highest BCUT2D eigenvalue weighted by molar-refractivity contribution is 5.43. The molecule has 1 atom stereocenters. The molecule has 0 saturated heterocycles. The van der Waals surface area contributed by atoms with Crippen LogP contribution in [0.25, 0.3) is 0 Å². The molecule has 1 unspecified atom stereocenters. The molecule has 2 nitrogen and oxygen atoms in total. The quantitative estimate of drug-likeness (QED) is 0.538. The molecule has 1 rings (SSSR count). The molecular weight excluding hydrogens is 246 g/mol. The van der Waals surface area contributed by atoms with E-state index in [2.05, 4.69) is 32.6 Å². The predicted molar refractivity (Wildman–Crippen MR) is 87.4 cm³/mol. The lowest BCUT2D eigenvalue weighted by atomic mass is 10.0. The number of hydrogen-bond acceptors (Lipinski definition) is 2. The number of unbranched alkanes of at least 4 members (excludes halogenated alkanes) is 3. The van der Waals surface area contributed by atoms with Gasteiger partial charge < -0.3 is 10.5 Å². The van der Waals surface area contributed by atoms with Crippen LogP contribution in [0.3, 0.4) is 0 Å². The van der Waals surface area contributed by atoms with Gasteiger partial charge in [-0.2, -0.15) is 0 Å². The van der Waals surface area contributed by atoms with E-state index < -0.39 is 0 Å². The first-order valence-electron chi connectivity index (χ1n) is 7.64. The van der Waals surface area contributed by atoms with Gasteiger partial charge in [-0.15, -0.1) is 6.58 Å². The van der Waals surface area contributed by atoms with E-state index in [4.69, 9.17) is 10.5 Å². The van der Waals surface area contributed by atoms with Gasteiger partial charge in [-0.25, -0.2) is 0 Å². The third kappa shape index (κ3) is 5.79. The standard InChI is InChI=1S/C18H29NO/c1-5-6-7-8-9-10-20-18-14(2)11-17(12-15(18)3)13-16(4)19/h5,11-12,16H,1,6-10,13,19H2,2-4H3. The van der Waals surface area contributed by atoms with Crippen molar-refractivity contribution < 1.29 is 4.74 Å². The van der Waals surface area contributed by atoms with Crippen LogP contribution in [0.2, 0.25) is 0 Å². The SMILES string of the molecule is C=CCCCCCOc1c(C)cc(CC(C)N)cc1C. The first-order chi connectivity index (χ1) is 9.54. The van der Waals surface area contributed by atoms with Gasteiger partial charge in [0.2, 0.25) is 0 Å². The molecule has 0 radical (unpaired) electrons. The van der Waals surface area contributed by atoms with Crippen LogP contribution in [0.4, 0.5) is 0 Å². The first-order valence-corrected chi connectivity index (χ1v) is 7.64. The number of allylic oxidation sites excluding steroid dienone is 1. The fraction of sp³-hybridized carbons (Fsp3) is 0.556. The Kier molecular flexibility index (Phi) is 7.38. The topological polar surface area (TPSA) is 35.2 Å². The molecule has 0 amide bonds. The summed E-state index contributed by atoms with van der Waals surface area (Å²) in [6, 6.07) is 4.60. The van der Waals surface area contributed by atoms with Crippen LogP contribution in [0.15, 0.2) is 24.8 Å². The van der Waals surface area contributed by atoms with Crippen molar-refractivity contribution in [2.75, 3.05) is 6.61 Å². The maximum Gasteiger partial charge on any atom is 0.125 e. The number of nitrogens with two attached hydrogens (primary N) is 1. The monoisotopic (exact) mass is 275 g/mol. The molecule has 0 spiro atoms. The molecule has 0 aliphatic rings. The van der Waals surface area contributed by atoms with E-state index in [0.717, 1.165) is 31.6 Å². The van der Waals surface area contributed by atoms with Crippen molar-refractivity contribution in [1.82, 2.24) is 0 Å². The Morgan fingerprint density at radius 1 is 1.20 bits per heavy atom. The minimum Gasteiger partial charge on any atom is -0.493 e. The van der Waals surface area contributed by atoms with Gasteiger partial charge in [-0.05, 0) is 69.6 Å². The van der Waals surface area contributed by atoms with E-state index in [-0.39, 0.29) is 6.04 Å². The van der Waals surface area contributed by atoms with Crippen molar-refractivity contribution in [3.8, 4) is 5.75 Å². The zero-order chi connectivity index (χ0) is 15.0. The second-order valence-corrected chi connectivity index (χ2v) is 5.73. The molecule has 0 aliphatic carbocycles. The second kappa shape index (κ2) is 8.80. The Labute approximate surface area is 124 Å². The molecule has 1 aromatic carbocycles. The summed E-state index contributed by atoms with van der Waals surface area (Å²) >= 11 is 0. The van der Waals surface area contributed by atoms with E-state index in [0.29, 0.717) is 0 Å². The average Bonchev–Trinajstić information content (AvgIpc) is 2.35. The number of aryl methyl sites for hydroxylation is 2. The van der Waals surface area contributed by atoms with Crippen LogP contribution in [0.1, 0.15) is 49.3 Å². The van der Waals surface area contributed by atoms with Crippen LogP contribution in [-0.4, -0.2) is 12.6 Å².